The molecular formula is C26H23F4N5O3. The van der Waals surface area contributed by atoms with Crippen molar-refractivity contribution in [1.29, 1.82) is 0 Å². The van der Waals surface area contributed by atoms with Gasteiger partial charge in [0.05, 0.1) is 6.54 Å². The first-order valence-corrected chi connectivity index (χ1v) is 12.0. The highest BCUT2D eigenvalue weighted by atomic mass is 19.3. The first kappa shape index (κ1) is 24.5. The van der Waals surface area contributed by atoms with Gasteiger partial charge in [-0.15, -0.1) is 5.10 Å². The zero-order valence-electron chi connectivity index (χ0n) is 20.2. The summed E-state index contributed by atoms with van der Waals surface area (Å²) in [6, 6.07) is 11.2. The van der Waals surface area contributed by atoms with Gasteiger partial charge in [0.25, 0.3) is 5.92 Å². The van der Waals surface area contributed by atoms with Crippen molar-refractivity contribution in [3.63, 3.8) is 0 Å². The predicted molar refractivity (Wildman–Crippen MR) is 123 cm³/mol. The number of aliphatic hydroxyl groups is 1. The fourth-order valence-electron chi connectivity index (χ4n) is 6.08. The van der Waals surface area contributed by atoms with Crippen LogP contribution in [0.1, 0.15) is 41.8 Å². The molecule has 2 bridgehead atoms. The topological polar surface area (TPSA) is 99.1 Å². The van der Waals surface area contributed by atoms with E-state index in [1.807, 2.05) is 12.1 Å². The Hall–Kier alpha value is -3.80. The zero-order chi connectivity index (χ0) is 26.8. The molecule has 0 aliphatic heterocycles. The lowest BCUT2D eigenvalue weighted by molar-refractivity contribution is -0.347. The van der Waals surface area contributed by atoms with E-state index in [0.717, 1.165) is 28.7 Å². The van der Waals surface area contributed by atoms with E-state index in [1.165, 1.54) is 0 Å². The van der Waals surface area contributed by atoms with Gasteiger partial charge in [-0.1, -0.05) is 17.3 Å². The molecule has 3 fully saturated rings. The monoisotopic (exact) mass is 529 g/mol. The highest BCUT2D eigenvalue weighted by Gasteiger charge is 2.82. The third-order valence-corrected chi connectivity index (χ3v) is 7.90. The van der Waals surface area contributed by atoms with Crippen LogP contribution in [0, 0.1) is 24.0 Å². The SMILES string of the molecule is Cc1cc(COc2ccc(C34CC(C(F)(F)[C@](O)(Cn5cnnn5)c5ccc(F)cc5F)(C3)C4)cc2)no1. The number of tetrazole rings is 1. The fourth-order valence-corrected chi connectivity index (χ4v) is 6.08. The Kier molecular flexibility index (Phi) is 5.39. The summed E-state index contributed by atoms with van der Waals surface area (Å²) < 4.78 is 72.6. The van der Waals surface area contributed by atoms with E-state index in [-0.39, 0.29) is 25.9 Å². The lowest BCUT2D eigenvalue weighted by atomic mass is 9.30. The van der Waals surface area contributed by atoms with Crippen LogP contribution < -0.4 is 4.74 Å². The van der Waals surface area contributed by atoms with Crippen molar-refractivity contribution in [2.75, 3.05) is 0 Å². The number of halogens is 4. The second kappa shape index (κ2) is 8.35. The molecule has 3 saturated carbocycles. The van der Waals surface area contributed by atoms with Gasteiger partial charge in [-0.25, -0.2) is 22.2 Å². The Morgan fingerprint density at radius 2 is 1.82 bits per heavy atom. The molecule has 2 aromatic heterocycles. The van der Waals surface area contributed by atoms with Crippen LogP contribution >= 0.6 is 0 Å². The molecule has 4 aromatic rings. The number of ether oxygens (including phenoxy) is 1. The van der Waals surface area contributed by atoms with Crippen molar-refractivity contribution >= 4 is 0 Å². The van der Waals surface area contributed by atoms with Crippen LogP contribution in [0.4, 0.5) is 17.6 Å². The maximum atomic E-state index is 16.3. The molecule has 0 radical (unpaired) electrons. The predicted octanol–water partition coefficient (Wildman–Crippen LogP) is 4.47. The standard InChI is InChI=1S/C26H23F4N5O3/c1-16-8-19(32-38-16)10-37-20-5-2-17(3-6-20)23-11-24(12-23,13-23)26(29,30)25(36,14-35-15-31-33-34-35)21-7-4-18(27)9-22(21)28/h2-9,15,36H,10-14H2,1H3/t23?,24?,25-/m0/s1. The van der Waals surface area contributed by atoms with Crippen LogP contribution in [-0.2, 0) is 24.2 Å². The first-order chi connectivity index (χ1) is 18.1. The molecule has 3 aliphatic carbocycles. The van der Waals surface area contributed by atoms with Crippen molar-refractivity contribution in [2.45, 2.75) is 56.3 Å². The van der Waals surface area contributed by atoms with Crippen molar-refractivity contribution in [3.8, 4) is 5.75 Å². The smallest absolute Gasteiger partial charge is 0.287 e. The minimum absolute atomic E-state index is 0.103. The normalized spacial score (nSPS) is 23.8. The minimum Gasteiger partial charge on any atom is -0.487 e. The Bertz CT molecular complexity index is 1450. The average Bonchev–Trinajstić information content (AvgIpc) is 3.48. The second-order valence-electron chi connectivity index (χ2n) is 10.4. The summed E-state index contributed by atoms with van der Waals surface area (Å²) in [5.41, 5.74) is -4.20. The molecule has 1 N–H and O–H groups in total. The van der Waals surface area contributed by atoms with E-state index in [2.05, 4.69) is 20.7 Å². The van der Waals surface area contributed by atoms with Gasteiger partial charge in [0, 0.05) is 23.1 Å². The number of aromatic nitrogens is 5. The Morgan fingerprint density at radius 1 is 1.08 bits per heavy atom. The number of benzene rings is 2. The van der Waals surface area contributed by atoms with Crippen LogP contribution in [0.2, 0.25) is 0 Å². The second-order valence-corrected chi connectivity index (χ2v) is 10.4. The number of rotatable bonds is 9. The lowest BCUT2D eigenvalue weighted by Gasteiger charge is -2.74. The quantitative estimate of drug-likeness (QED) is 0.320. The molecular weight excluding hydrogens is 506 g/mol. The summed E-state index contributed by atoms with van der Waals surface area (Å²) in [6.45, 7) is 1.21. The molecule has 1 atom stereocenters. The van der Waals surface area contributed by atoms with Crippen LogP contribution in [0.15, 0.2) is 59.4 Å². The molecule has 2 aromatic carbocycles. The molecule has 8 nitrogen and oxygen atoms in total. The largest absolute Gasteiger partial charge is 0.487 e. The summed E-state index contributed by atoms with van der Waals surface area (Å²) >= 11 is 0. The zero-order valence-corrected chi connectivity index (χ0v) is 20.2. The number of aryl methyl sites for hydroxylation is 1. The highest BCUT2D eigenvalue weighted by molar-refractivity contribution is 5.44. The summed E-state index contributed by atoms with van der Waals surface area (Å²) in [6.07, 6.45) is 1.36. The van der Waals surface area contributed by atoms with Gasteiger partial charge >= 0.3 is 0 Å². The number of hydrogen-bond donors (Lipinski definition) is 1. The van der Waals surface area contributed by atoms with Gasteiger partial charge in [0.2, 0.25) is 0 Å². The molecule has 12 heteroatoms. The summed E-state index contributed by atoms with van der Waals surface area (Å²) in [4.78, 5) is 0. The van der Waals surface area contributed by atoms with Crippen LogP contribution in [0.25, 0.3) is 0 Å². The molecule has 0 unspecified atom stereocenters. The van der Waals surface area contributed by atoms with Gasteiger partial charge in [-0.2, -0.15) is 0 Å². The van der Waals surface area contributed by atoms with E-state index < -0.39 is 46.1 Å². The first-order valence-electron chi connectivity index (χ1n) is 12.0. The summed E-state index contributed by atoms with van der Waals surface area (Å²) in [5, 5.41) is 25.8. The van der Waals surface area contributed by atoms with Gasteiger partial charge < -0.3 is 14.4 Å². The molecule has 0 amide bonds. The molecule has 0 spiro atoms. The van der Waals surface area contributed by atoms with Crippen LogP contribution in [0.5, 0.6) is 5.75 Å². The molecule has 2 heterocycles. The summed E-state index contributed by atoms with van der Waals surface area (Å²) in [7, 11) is 0. The maximum Gasteiger partial charge on any atom is 0.287 e. The van der Waals surface area contributed by atoms with Gasteiger partial charge in [-0.05, 0) is 71.9 Å². The van der Waals surface area contributed by atoms with Crippen LogP contribution in [0.3, 0.4) is 0 Å². The minimum atomic E-state index is -3.77. The Balaban J connectivity index is 1.22. The van der Waals surface area contributed by atoms with E-state index in [0.29, 0.717) is 23.3 Å². The van der Waals surface area contributed by atoms with Crippen molar-refractivity contribution in [2.24, 2.45) is 5.41 Å². The average molecular weight is 529 g/mol. The van der Waals surface area contributed by atoms with Crippen molar-refractivity contribution in [1.82, 2.24) is 25.4 Å². The van der Waals surface area contributed by atoms with E-state index in [4.69, 9.17) is 9.26 Å². The Morgan fingerprint density at radius 3 is 2.42 bits per heavy atom. The molecule has 0 saturated heterocycles. The van der Waals surface area contributed by atoms with E-state index in [1.54, 1.807) is 25.1 Å². The third-order valence-electron chi connectivity index (χ3n) is 7.90. The molecule has 38 heavy (non-hydrogen) atoms. The van der Waals surface area contributed by atoms with E-state index in [9.17, 15) is 13.9 Å². The van der Waals surface area contributed by atoms with E-state index >= 15 is 8.78 Å². The summed E-state index contributed by atoms with van der Waals surface area (Å²) in [5.74, 6) is -4.69. The molecule has 3 aliphatic rings. The highest BCUT2D eigenvalue weighted by Crippen LogP contribution is 2.80. The lowest BCUT2D eigenvalue weighted by Crippen LogP contribution is -2.76. The van der Waals surface area contributed by atoms with Gasteiger partial charge in [0.1, 0.15) is 41.8 Å². The van der Waals surface area contributed by atoms with Gasteiger partial charge in [-0.3, -0.25) is 0 Å². The van der Waals surface area contributed by atoms with Crippen molar-refractivity contribution in [3.05, 3.63) is 89.1 Å². The number of alkyl halides is 2. The molecule has 198 valence electrons. The fraction of sp³-hybridized carbons (Fsp3) is 0.385. The Labute approximate surface area is 214 Å². The van der Waals surface area contributed by atoms with Gasteiger partial charge in [0.15, 0.2) is 5.60 Å². The maximum absolute atomic E-state index is 16.3. The third kappa shape index (κ3) is 3.61. The number of hydrogen-bond acceptors (Lipinski definition) is 7. The van der Waals surface area contributed by atoms with Crippen LogP contribution in [-0.4, -0.2) is 36.4 Å². The van der Waals surface area contributed by atoms with Crippen molar-refractivity contribution < 1.29 is 31.9 Å². The number of nitrogens with zero attached hydrogens (tertiary/aromatic N) is 5. The molecule has 7 rings (SSSR count).